The predicted octanol–water partition coefficient (Wildman–Crippen LogP) is -1.86. The first-order valence-electron chi connectivity index (χ1n) is 5.05. The van der Waals surface area contributed by atoms with Gasteiger partial charge in [-0.3, -0.25) is 4.90 Å². The van der Waals surface area contributed by atoms with Gasteiger partial charge in [-0.25, -0.2) is 0 Å². The Hall–Kier alpha value is -0.250. The van der Waals surface area contributed by atoms with Crippen LogP contribution in [0.15, 0.2) is 0 Å². The molecular formula is C8H20N2O5S. The molecule has 0 heterocycles. The summed E-state index contributed by atoms with van der Waals surface area (Å²) in [4.78, 5) is 1.88. The van der Waals surface area contributed by atoms with E-state index in [0.29, 0.717) is 32.6 Å². The minimum absolute atomic E-state index is 0.0350. The Balaban J connectivity index is 3.54. The van der Waals surface area contributed by atoms with Gasteiger partial charge in [-0.15, -0.1) is 0 Å². The van der Waals surface area contributed by atoms with Crippen molar-refractivity contribution in [3.05, 3.63) is 0 Å². The number of rotatable bonds is 10. The topological polar surface area (TPSA) is 99.1 Å². The van der Waals surface area contributed by atoms with E-state index in [1.54, 1.807) is 0 Å². The molecule has 0 bridgehead atoms. The number of nitrogens with zero attached hydrogens (tertiary/aromatic N) is 1. The molecule has 7 nitrogen and oxygen atoms in total. The highest BCUT2D eigenvalue weighted by Crippen LogP contribution is 1.90. The van der Waals surface area contributed by atoms with Gasteiger partial charge in [-0.1, -0.05) is 0 Å². The van der Waals surface area contributed by atoms with Gasteiger partial charge in [0.2, 0.25) is 0 Å². The molecule has 16 heavy (non-hydrogen) atoms. The molecule has 0 aliphatic heterocycles. The molecule has 0 unspecified atom stereocenters. The third-order valence-electron chi connectivity index (χ3n) is 1.80. The van der Waals surface area contributed by atoms with Crippen molar-refractivity contribution in [1.29, 1.82) is 0 Å². The number of aliphatic hydroxyl groups is 2. The molecule has 0 aromatic carbocycles. The first-order chi connectivity index (χ1) is 7.49. The van der Waals surface area contributed by atoms with E-state index in [0.717, 1.165) is 6.26 Å². The number of hydroxylamine groups is 1. The van der Waals surface area contributed by atoms with Crippen molar-refractivity contribution in [2.24, 2.45) is 0 Å². The quantitative estimate of drug-likeness (QED) is 0.311. The van der Waals surface area contributed by atoms with Crippen molar-refractivity contribution < 1.29 is 22.9 Å². The van der Waals surface area contributed by atoms with Crippen molar-refractivity contribution in [2.75, 3.05) is 45.6 Å². The van der Waals surface area contributed by atoms with E-state index in [4.69, 9.17) is 10.2 Å². The summed E-state index contributed by atoms with van der Waals surface area (Å²) < 4.78 is 25.5. The van der Waals surface area contributed by atoms with Gasteiger partial charge in [-0.2, -0.15) is 18.2 Å². The third kappa shape index (κ3) is 10.3. The molecule has 0 saturated heterocycles. The molecule has 0 radical (unpaired) electrons. The Labute approximate surface area is 96.1 Å². The van der Waals surface area contributed by atoms with E-state index < -0.39 is 10.1 Å². The van der Waals surface area contributed by atoms with Crippen LogP contribution in [0.4, 0.5) is 0 Å². The van der Waals surface area contributed by atoms with Gasteiger partial charge in [0.1, 0.15) is 0 Å². The molecule has 0 aromatic heterocycles. The van der Waals surface area contributed by atoms with Crippen LogP contribution in [0.3, 0.4) is 0 Å². The average Bonchev–Trinajstić information content (AvgIpc) is 2.16. The molecule has 0 saturated carbocycles. The first kappa shape index (κ1) is 15.8. The van der Waals surface area contributed by atoms with Crippen LogP contribution in [0.5, 0.6) is 0 Å². The Kier molecular flexibility index (Phi) is 8.71. The van der Waals surface area contributed by atoms with Crippen LogP contribution >= 0.6 is 0 Å². The minimum Gasteiger partial charge on any atom is -0.395 e. The van der Waals surface area contributed by atoms with Gasteiger partial charge >= 0.3 is 0 Å². The van der Waals surface area contributed by atoms with Crippen molar-refractivity contribution in [1.82, 2.24) is 10.4 Å². The lowest BCUT2D eigenvalue weighted by Crippen LogP contribution is -2.32. The molecule has 98 valence electrons. The molecule has 0 fully saturated rings. The Morgan fingerprint density at radius 1 is 1.19 bits per heavy atom. The zero-order valence-electron chi connectivity index (χ0n) is 9.42. The van der Waals surface area contributed by atoms with Crippen LogP contribution in [0.1, 0.15) is 6.42 Å². The van der Waals surface area contributed by atoms with Crippen molar-refractivity contribution >= 4 is 10.1 Å². The Bertz CT molecular complexity index is 251. The molecule has 0 aromatic rings. The van der Waals surface area contributed by atoms with Crippen LogP contribution in [0, 0.1) is 0 Å². The minimum atomic E-state index is -3.45. The zero-order valence-corrected chi connectivity index (χ0v) is 10.2. The lowest BCUT2D eigenvalue weighted by molar-refractivity contribution is 0.151. The van der Waals surface area contributed by atoms with Crippen LogP contribution < -0.4 is 5.48 Å². The second kappa shape index (κ2) is 8.85. The summed E-state index contributed by atoms with van der Waals surface area (Å²) in [6.45, 7) is 2.10. The number of hydrogen-bond donors (Lipinski definition) is 3. The number of hydrogen-bond acceptors (Lipinski definition) is 7. The third-order valence-corrected chi connectivity index (χ3v) is 2.22. The summed E-state index contributed by atoms with van der Waals surface area (Å²) in [5, 5.41) is 17.5. The molecule has 0 aliphatic carbocycles. The van der Waals surface area contributed by atoms with Crippen LogP contribution in [-0.4, -0.2) is 69.2 Å². The SMILES string of the molecule is CS(=O)(=O)ONCCCN(CCO)CCO. The van der Waals surface area contributed by atoms with Crippen molar-refractivity contribution in [2.45, 2.75) is 6.42 Å². The highest BCUT2D eigenvalue weighted by Gasteiger charge is 2.04. The normalized spacial score (nSPS) is 12.2. The Morgan fingerprint density at radius 2 is 1.75 bits per heavy atom. The fourth-order valence-corrected chi connectivity index (χ4v) is 1.44. The van der Waals surface area contributed by atoms with Gasteiger partial charge in [0.05, 0.1) is 19.5 Å². The molecule has 0 aliphatic rings. The summed E-state index contributed by atoms with van der Waals surface area (Å²) in [7, 11) is -3.45. The molecule has 0 amide bonds. The highest BCUT2D eigenvalue weighted by molar-refractivity contribution is 7.85. The first-order valence-corrected chi connectivity index (χ1v) is 6.86. The average molecular weight is 256 g/mol. The molecular weight excluding hydrogens is 236 g/mol. The molecule has 0 atom stereocenters. The van der Waals surface area contributed by atoms with E-state index in [-0.39, 0.29) is 13.2 Å². The Morgan fingerprint density at radius 3 is 2.19 bits per heavy atom. The summed E-state index contributed by atoms with van der Waals surface area (Å²) in [5.74, 6) is 0. The monoisotopic (exact) mass is 256 g/mol. The van der Waals surface area contributed by atoms with E-state index >= 15 is 0 Å². The van der Waals surface area contributed by atoms with E-state index in [2.05, 4.69) is 9.76 Å². The summed E-state index contributed by atoms with van der Waals surface area (Å²) >= 11 is 0. The fraction of sp³-hybridized carbons (Fsp3) is 1.00. The standard InChI is InChI=1S/C8H20N2O5S/c1-16(13,14)15-9-3-2-4-10(5-7-11)6-8-12/h9,11-12H,2-8H2,1H3. The highest BCUT2D eigenvalue weighted by atomic mass is 32.2. The lowest BCUT2D eigenvalue weighted by Gasteiger charge is -2.19. The van der Waals surface area contributed by atoms with Gasteiger partial charge < -0.3 is 10.2 Å². The summed E-state index contributed by atoms with van der Waals surface area (Å²) in [6.07, 6.45) is 1.62. The van der Waals surface area contributed by atoms with Crippen LogP contribution in [0.2, 0.25) is 0 Å². The molecule has 0 spiro atoms. The maximum atomic E-state index is 10.6. The zero-order chi connectivity index (χ0) is 12.4. The smallest absolute Gasteiger partial charge is 0.280 e. The molecule has 0 rings (SSSR count). The van der Waals surface area contributed by atoms with Crippen molar-refractivity contribution in [3.63, 3.8) is 0 Å². The van der Waals surface area contributed by atoms with E-state index in [9.17, 15) is 8.42 Å². The number of aliphatic hydroxyl groups excluding tert-OH is 2. The van der Waals surface area contributed by atoms with Crippen LogP contribution in [-0.2, 0) is 14.4 Å². The van der Waals surface area contributed by atoms with Crippen molar-refractivity contribution in [3.8, 4) is 0 Å². The fourth-order valence-electron chi connectivity index (χ4n) is 1.14. The summed E-state index contributed by atoms with van der Waals surface area (Å²) in [6, 6.07) is 0. The van der Waals surface area contributed by atoms with Gasteiger partial charge in [0.25, 0.3) is 10.1 Å². The van der Waals surface area contributed by atoms with E-state index in [1.807, 2.05) is 4.90 Å². The second-order valence-corrected chi connectivity index (χ2v) is 4.90. The molecule has 8 heteroatoms. The lowest BCUT2D eigenvalue weighted by atomic mass is 10.3. The molecule has 3 N–H and O–H groups in total. The van der Waals surface area contributed by atoms with Gasteiger partial charge in [0.15, 0.2) is 0 Å². The number of nitrogens with one attached hydrogen (secondary N) is 1. The largest absolute Gasteiger partial charge is 0.395 e. The maximum Gasteiger partial charge on any atom is 0.280 e. The van der Waals surface area contributed by atoms with Gasteiger partial charge in [-0.05, 0) is 13.0 Å². The summed E-state index contributed by atoms with van der Waals surface area (Å²) in [5.41, 5.74) is 2.33. The predicted molar refractivity (Wildman–Crippen MR) is 59.2 cm³/mol. The second-order valence-electron chi connectivity index (χ2n) is 3.32. The van der Waals surface area contributed by atoms with Gasteiger partial charge in [0, 0.05) is 19.6 Å². The van der Waals surface area contributed by atoms with Crippen LogP contribution in [0.25, 0.3) is 0 Å². The maximum absolute atomic E-state index is 10.6. The van der Waals surface area contributed by atoms with E-state index in [1.165, 1.54) is 0 Å².